The first-order chi connectivity index (χ1) is 12.6. The van der Waals surface area contributed by atoms with Gasteiger partial charge in [0.1, 0.15) is 11.6 Å². The number of hydrogen-bond acceptors (Lipinski definition) is 4. The molecule has 0 aliphatic carbocycles. The second-order valence-corrected chi connectivity index (χ2v) is 7.11. The minimum absolute atomic E-state index is 0.0540. The minimum atomic E-state index is -0.682. The van der Waals surface area contributed by atoms with Gasteiger partial charge in [-0.1, -0.05) is 29.8 Å². The quantitative estimate of drug-likeness (QED) is 0.782. The topological polar surface area (TPSA) is 71.5 Å². The summed E-state index contributed by atoms with van der Waals surface area (Å²) < 4.78 is 5.82. The van der Waals surface area contributed by atoms with Crippen LogP contribution in [0.25, 0.3) is 0 Å². The van der Waals surface area contributed by atoms with Gasteiger partial charge in [0.05, 0.1) is 11.6 Å². The predicted octanol–water partition coefficient (Wildman–Crippen LogP) is 2.63. The summed E-state index contributed by atoms with van der Waals surface area (Å²) in [5.74, 6) is 0.0147. The summed E-state index contributed by atoms with van der Waals surface area (Å²) in [5.41, 5.74) is 1.16. The van der Waals surface area contributed by atoms with E-state index in [9.17, 15) is 9.59 Å². The Kier molecular flexibility index (Phi) is 4.28. The van der Waals surface area contributed by atoms with Crippen LogP contribution in [0.5, 0.6) is 5.75 Å². The van der Waals surface area contributed by atoms with Gasteiger partial charge in [-0.05, 0) is 31.0 Å². The third kappa shape index (κ3) is 3.01. The van der Waals surface area contributed by atoms with E-state index in [1.54, 1.807) is 17.0 Å². The number of benzene rings is 1. The van der Waals surface area contributed by atoms with Gasteiger partial charge in [-0.25, -0.2) is 4.98 Å². The summed E-state index contributed by atoms with van der Waals surface area (Å²) in [6, 6.07) is 11.2. The monoisotopic (exact) mass is 371 g/mol. The van der Waals surface area contributed by atoms with E-state index < -0.39 is 11.8 Å². The van der Waals surface area contributed by atoms with Crippen LogP contribution in [0, 0.1) is 0 Å². The molecule has 0 atom stereocenters. The maximum absolute atomic E-state index is 12.4. The number of ether oxygens (including phenoxy) is 1. The number of amides is 2. The molecule has 1 N–H and O–H groups in total. The zero-order valence-corrected chi connectivity index (χ0v) is 14.8. The standard InChI is InChI=1S/C19H18ClN3O3/c20-13-5-6-16(21-11-13)22-17(24)18(25)23-9-7-19(8-10-23)12-26-15-4-2-1-3-14(15)19/h1-6,11H,7-10,12H2,(H,21,22,24). The van der Waals surface area contributed by atoms with Crippen molar-refractivity contribution in [2.24, 2.45) is 0 Å². The highest BCUT2D eigenvalue weighted by Gasteiger charge is 2.44. The summed E-state index contributed by atoms with van der Waals surface area (Å²) in [7, 11) is 0. The molecule has 2 aromatic rings. The van der Waals surface area contributed by atoms with Crippen molar-refractivity contribution in [1.29, 1.82) is 0 Å². The molecule has 0 unspecified atom stereocenters. The highest BCUT2D eigenvalue weighted by atomic mass is 35.5. The number of nitrogens with zero attached hydrogens (tertiary/aromatic N) is 2. The lowest BCUT2D eigenvalue weighted by Crippen LogP contribution is -2.49. The molecule has 6 nitrogen and oxygen atoms in total. The number of fused-ring (bicyclic) bond motifs is 2. The van der Waals surface area contributed by atoms with Gasteiger partial charge in [-0.15, -0.1) is 0 Å². The summed E-state index contributed by atoms with van der Waals surface area (Å²) in [6.07, 6.45) is 2.98. The molecule has 1 saturated heterocycles. The van der Waals surface area contributed by atoms with E-state index in [1.807, 2.05) is 18.2 Å². The first-order valence-electron chi connectivity index (χ1n) is 8.52. The fraction of sp³-hybridized carbons (Fsp3) is 0.316. The van der Waals surface area contributed by atoms with Gasteiger partial charge in [0, 0.05) is 30.3 Å². The molecule has 2 amide bonds. The molecule has 2 aliphatic rings. The van der Waals surface area contributed by atoms with Gasteiger partial charge in [-0.2, -0.15) is 0 Å². The van der Waals surface area contributed by atoms with E-state index in [4.69, 9.17) is 16.3 Å². The van der Waals surface area contributed by atoms with Crippen LogP contribution in [0.1, 0.15) is 18.4 Å². The maximum Gasteiger partial charge on any atom is 0.315 e. The van der Waals surface area contributed by atoms with Gasteiger partial charge in [0.25, 0.3) is 0 Å². The van der Waals surface area contributed by atoms with Crippen LogP contribution in [0.4, 0.5) is 5.82 Å². The largest absolute Gasteiger partial charge is 0.492 e. The number of carbonyl (C=O) groups excluding carboxylic acids is 2. The number of anilines is 1. The van der Waals surface area contributed by atoms with Crippen LogP contribution < -0.4 is 10.1 Å². The summed E-state index contributed by atoms with van der Waals surface area (Å²) in [4.78, 5) is 30.2. The van der Waals surface area contributed by atoms with Crippen LogP contribution in [-0.4, -0.2) is 41.4 Å². The lowest BCUT2D eigenvalue weighted by molar-refractivity contribution is -0.144. The van der Waals surface area contributed by atoms with Crippen molar-refractivity contribution >= 4 is 29.2 Å². The summed E-state index contributed by atoms with van der Waals surface area (Å²) >= 11 is 5.77. The second kappa shape index (κ2) is 6.61. The smallest absolute Gasteiger partial charge is 0.315 e. The molecular weight excluding hydrogens is 354 g/mol. The highest BCUT2D eigenvalue weighted by molar-refractivity contribution is 6.39. The molecule has 0 saturated carbocycles. The number of likely N-dealkylation sites (tertiary alicyclic amines) is 1. The number of pyridine rings is 1. The molecular formula is C19H18ClN3O3. The molecule has 7 heteroatoms. The highest BCUT2D eigenvalue weighted by Crippen LogP contribution is 2.45. The molecule has 134 valence electrons. The molecule has 0 bridgehead atoms. The van der Waals surface area contributed by atoms with Crippen molar-refractivity contribution in [2.45, 2.75) is 18.3 Å². The van der Waals surface area contributed by atoms with E-state index >= 15 is 0 Å². The van der Waals surface area contributed by atoms with Crippen LogP contribution >= 0.6 is 11.6 Å². The Labute approximate surface area is 156 Å². The molecule has 2 aliphatic heterocycles. The van der Waals surface area contributed by atoms with Gasteiger partial charge in [0.15, 0.2) is 0 Å². The van der Waals surface area contributed by atoms with E-state index in [1.165, 1.54) is 11.8 Å². The number of para-hydroxylation sites is 1. The van der Waals surface area contributed by atoms with Crippen LogP contribution in [-0.2, 0) is 15.0 Å². The van der Waals surface area contributed by atoms with E-state index in [0.29, 0.717) is 30.5 Å². The third-order valence-corrected chi connectivity index (χ3v) is 5.36. The zero-order valence-electron chi connectivity index (χ0n) is 14.1. The number of carbonyl (C=O) groups is 2. The Morgan fingerprint density at radius 2 is 1.92 bits per heavy atom. The zero-order chi connectivity index (χ0) is 18.1. The molecule has 1 aromatic carbocycles. The number of hydrogen-bond donors (Lipinski definition) is 1. The number of aromatic nitrogens is 1. The Balaban J connectivity index is 1.39. The molecule has 0 radical (unpaired) electrons. The summed E-state index contributed by atoms with van der Waals surface area (Å²) in [5, 5.41) is 2.99. The lowest BCUT2D eigenvalue weighted by atomic mass is 9.74. The Hall–Kier alpha value is -2.60. The number of halogens is 1. The average Bonchev–Trinajstić information content (AvgIpc) is 3.02. The van der Waals surface area contributed by atoms with Crippen LogP contribution in [0.15, 0.2) is 42.6 Å². The maximum atomic E-state index is 12.4. The van der Waals surface area contributed by atoms with Crippen LogP contribution in [0.2, 0.25) is 5.02 Å². The van der Waals surface area contributed by atoms with Crippen molar-refractivity contribution in [3.05, 3.63) is 53.2 Å². The molecule has 1 aromatic heterocycles. The first kappa shape index (κ1) is 16.8. The second-order valence-electron chi connectivity index (χ2n) is 6.67. The van der Waals surface area contributed by atoms with Crippen LogP contribution in [0.3, 0.4) is 0 Å². The molecule has 3 heterocycles. The Morgan fingerprint density at radius 1 is 1.15 bits per heavy atom. The van der Waals surface area contributed by atoms with Gasteiger partial charge in [-0.3, -0.25) is 9.59 Å². The lowest BCUT2D eigenvalue weighted by Gasteiger charge is -2.38. The van der Waals surface area contributed by atoms with Gasteiger partial charge >= 0.3 is 11.8 Å². The summed E-state index contributed by atoms with van der Waals surface area (Å²) in [6.45, 7) is 1.69. The fourth-order valence-electron chi connectivity index (χ4n) is 3.64. The van der Waals surface area contributed by atoms with E-state index in [0.717, 1.165) is 18.6 Å². The minimum Gasteiger partial charge on any atom is -0.492 e. The third-order valence-electron chi connectivity index (χ3n) is 5.13. The number of piperidine rings is 1. The number of nitrogens with one attached hydrogen (secondary N) is 1. The first-order valence-corrected chi connectivity index (χ1v) is 8.89. The molecule has 1 fully saturated rings. The fourth-order valence-corrected chi connectivity index (χ4v) is 3.75. The Morgan fingerprint density at radius 3 is 2.65 bits per heavy atom. The Bertz CT molecular complexity index is 845. The van der Waals surface area contributed by atoms with E-state index in [-0.39, 0.29) is 5.41 Å². The van der Waals surface area contributed by atoms with Gasteiger partial charge < -0.3 is 15.0 Å². The van der Waals surface area contributed by atoms with Crippen molar-refractivity contribution in [1.82, 2.24) is 9.88 Å². The molecule has 4 rings (SSSR count). The van der Waals surface area contributed by atoms with Crippen molar-refractivity contribution in [3.8, 4) is 5.75 Å². The average molecular weight is 372 g/mol. The van der Waals surface area contributed by atoms with E-state index in [2.05, 4.69) is 16.4 Å². The predicted molar refractivity (Wildman–Crippen MR) is 97.3 cm³/mol. The van der Waals surface area contributed by atoms with Crippen molar-refractivity contribution < 1.29 is 14.3 Å². The number of rotatable bonds is 1. The van der Waals surface area contributed by atoms with Crippen molar-refractivity contribution in [2.75, 3.05) is 25.0 Å². The van der Waals surface area contributed by atoms with Crippen molar-refractivity contribution in [3.63, 3.8) is 0 Å². The normalized spacial score (nSPS) is 17.5. The molecule has 1 spiro atoms. The van der Waals surface area contributed by atoms with Gasteiger partial charge in [0.2, 0.25) is 0 Å². The SMILES string of the molecule is O=C(Nc1ccc(Cl)cn1)C(=O)N1CCC2(CC1)COc1ccccc12. The molecule has 26 heavy (non-hydrogen) atoms.